The van der Waals surface area contributed by atoms with Crippen LogP contribution in [0, 0.1) is 19.3 Å². The fourth-order valence-corrected chi connectivity index (χ4v) is 3.84. The molecule has 1 saturated heterocycles. The monoisotopic (exact) mass is 345 g/mol. The summed E-state index contributed by atoms with van der Waals surface area (Å²) < 4.78 is 0. The van der Waals surface area contributed by atoms with Crippen molar-refractivity contribution in [3.8, 4) is 0 Å². The molecule has 2 aromatic rings. The number of hydrogen-bond donors (Lipinski definition) is 1. The minimum absolute atomic E-state index is 0.161. The predicted molar refractivity (Wildman–Crippen MR) is 97.6 cm³/mol. The average Bonchev–Trinajstić information content (AvgIpc) is 2.57. The minimum atomic E-state index is -0.166. The van der Waals surface area contributed by atoms with E-state index in [1.54, 1.807) is 6.20 Å². The Balaban J connectivity index is 1.85. The summed E-state index contributed by atoms with van der Waals surface area (Å²) in [5.74, 6) is 0.943. The number of aliphatic hydroxyl groups excluding tert-OH is 1. The molecule has 0 aliphatic carbocycles. The molecule has 3 rings (SSSR count). The maximum atomic E-state index is 10.2. The third-order valence-electron chi connectivity index (χ3n) is 4.82. The van der Waals surface area contributed by atoms with Crippen molar-refractivity contribution in [1.82, 2.24) is 9.97 Å². The van der Waals surface area contributed by atoms with Crippen LogP contribution in [0.4, 0.5) is 5.82 Å². The molecule has 1 fully saturated rings. The third-order valence-corrected chi connectivity index (χ3v) is 5.05. The van der Waals surface area contributed by atoms with Gasteiger partial charge in [0.2, 0.25) is 0 Å². The molecule has 0 amide bonds. The van der Waals surface area contributed by atoms with Gasteiger partial charge < -0.3 is 10.0 Å². The second-order valence-corrected chi connectivity index (χ2v) is 7.35. The van der Waals surface area contributed by atoms with Gasteiger partial charge in [0.05, 0.1) is 18.0 Å². The summed E-state index contributed by atoms with van der Waals surface area (Å²) >= 11 is 6.12. The summed E-state index contributed by atoms with van der Waals surface area (Å²) in [7, 11) is 0. The molecule has 0 bridgehead atoms. The molecule has 0 radical (unpaired) electrons. The molecule has 0 saturated carbocycles. The van der Waals surface area contributed by atoms with Crippen LogP contribution in [0.15, 0.2) is 30.5 Å². The summed E-state index contributed by atoms with van der Waals surface area (Å²) in [6.07, 6.45) is 4.66. The van der Waals surface area contributed by atoms with Gasteiger partial charge in [-0.3, -0.25) is 4.98 Å². The lowest BCUT2D eigenvalue weighted by Crippen LogP contribution is -2.47. The lowest BCUT2D eigenvalue weighted by molar-refractivity contribution is 0.105. The van der Waals surface area contributed by atoms with E-state index in [-0.39, 0.29) is 12.0 Å². The lowest BCUT2D eigenvalue weighted by atomic mass is 9.75. The minimum Gasteiger partial charge on any atom is -0.396 e. The molecule has 0 unspecified atom stereocenters. The smallest absolute Gasteiger partial charge is 0.150 e. The Labute approximate surface area is 148 Å². The standard InChI is InChI=1S/C19H24ClN3O/c1-14-11-21-15(2)18(22-14)23-8-4-7-19(12-23,13-24)10-16-5-3-6-17(20)9-16/h3,5-6,9,11,24H,4,7-8,10,12-13H2,1-2H3/t19-/m0/s1. The van der Waals surface area contributed by atoms with Gasteiger partial charge in [0.15, 0.2) is 0 Å². The topological polar surface area (TPSA) is 49.2 Å². The Hall–Kier alpha value is -1.65. The Morgan fingerprint density at radius 2 is 2.17 bits per heavy atom. The van der Waals surface area contributed by atoms with Crippen LogP contribution >= 0.6 is 11.6 Å². The van der Waals surface area contributed by atoms with Gasteiger partial charge >= 0.3 is 0 Å². The van der Waals surface area contributed by atoms with Crippen molar-refractivity contribution in [2.75, 3.05) is 24.6 Å². The number of aliphatic hydroxyl groups is 1. The molecule has 24 heavy (non-hydrogen) atoms. The van der Waals surface area contributed by atoms with Gasteiger partial charge in [-0.15, -0.1) is 0 Å². The molecule has 2 heterocycles. The van der Waals surface area contributed by atoms with Crippen LogP contribution in [-0.4, -0.2) is 34.8 Å². The van der Waals surface area contributed by atoms with Crippen LogP contribution in [0.3, 0.4) is 0 Å². The van der Waals surface area contributed by atoms with Crippen molar-refractivity contribution in [3.05, 3.63) is 52.4 Å². The zero-order chi connectivity index (χ0) is 17.2. The first-order valence-electron chi connectivity index (χ1n) is 8.42. The molecule has 1 aromatic heterocycles. The number of anilines is 1. The van der Waals surface area contributed by atoms with E-state index in [9.17, 15) is 5.11 Å². The van der Waals surface area contributed by atoms with Crippen molar-refractivity contribution in [3.63, 3.8) is 0 Å². The van der Waals surface area contributed by atoms with Gasteiger partial charge in [-0.1, -0.05) is 23.7 Å². The molecule has 1 aromatic carbocycles. The van der Waals surface area contributed by atoms with Crippen molar-refractivity contribution in [2.24, 2.45) is 5.41 Å². The number of aryl methyl sites for hydroxylation is 2. The summed E-state index contributed by atoms with van der Waals surface area (Å²) in [5, 5.41) is 10.9. The molecular formula is C19H24ClN3O. The summed E-state index contributed by atoms with van der Waals surface area (Å²) in [4.78, 5) is 11.4. The Kier molecular flexibility index (Phi) is 5.07. The highest BCUT2D eigenvalue weighted by Crippen LogP contribution is 2.36. The molecule has 0 spiro atoms. The van der Waals surface area contributed by atoms with E-state index >= 15 is 0 Å². The number of aromatic nitrogens is 2. The Morgan fingerprint density at radius 3 is 2.92 bits per heavy atom. The third kappa shape index (κ3) is 3.70. The Morgan fingerprint density at radius 1 is 1.33 bits per heavy atom. The first-order chi connectivity index (χ1) is 11.5. The van der Waals surface area contributed by atoms with E-state index in [2.05, 4.69) is 20.9 Å². The van der Waals surface area contributed by atoms with Crippen molar-refractivity contribution < 1.29 is 5.11 Å². The molecule has 1 aliphatic heterocycles. The van der Waals surface area contributed by atoms with Crippen molar-refractivity contribution >= 4 is 17.4 Å². The molecular weight excluding hydrogens is 322 g/mol. The normalized spacial score (nSPS) is 21.1. The van der Waals surface area contributed by atoms with Gasteiger partial charge in [-0.2, -0.15) is 0 Å². The molecule has 4 nitrogen and oxygen atoms in total. The zero-order valence-electron chi connectivity index (χ0n) is 14.3. The second-order valence-electron chi connectivity index (χ2n) is 6.91. The van der Waals surface area contributed by atoms with E-state index in [1.807, 2.05) is 32.0 Å². The highest BCUT2D eigenvalue weighted by atomic mass is 35.5. The fourth-order valence-electron chi connectivity index (χ4n) is 3.62. The number of nitrogens with zero attached hydrogens (tertiary/aromatic N) is 3. The van der Waals surface area contributed by atoms with E-state index in [0.717, 1.165) is 54.6 Å². The zero-order valence-corrected chi connectivity index (χ0v) is 15.1. The molecule has 1 atom stereocenters. The predicted octanol–water partition coefficient (Wildman–Crippen LogP) is 3.57. The van der Waals surface area contributed by atoms with E-state index in [4.69, 9.17) is 11.6 Å². The summed E-state index contributed by atoms with van der Waals surface area (Å²) in [6, 6.07) is 7.94. The maximum absolute atomic E-state index is 10.2. The van der Waals surface area contributed by atoms with E-state index in [1.165, 1.54) is 5.56 Å². The van der Waals surface area contributed by atoms with Crippen LogP contribution in [0.25, 0.3) is 0 Å². The Bertz CT molecular complexity index is 722. The number of hydrogen-bond acceptors (Lipinski definition) is 4. The average molecular weight is 346 g/mol. The fraction of sp³-hybridized carbons (Fsp3) is 0.474. The van der Waals surface area contributed by atoms with Gasteiger partial charge in [0, 0.05) is 29.7 Å². The lowest BCUT2D eigenvalue weighted by Gasteiger charge is -2.43. The van der Waals surface area contributed by atoms with Crippen LogP contribution in [0.1, 0.15) is 29.8 Å². The van der Waals surface area contributed by atoms with Gasteiger partial charge in [0.25, 0.3) is 0 Å². The van der Waals surface area contributed by atoms with Crippen molar-refractivity contribution in [1.29, 1.82) is 0 Å². The molecule has 1 N–H and O–H groups in total. The number of piperidine rings is 1. The summed E-state index contributed by atoms with van der Waals surface area (Å²) in [5.41, 5.74) is 2.87. The number of halogens is 1. The first-order valence-corrected chi connectivity index (χ1v) is 8.80. The SMILES string of the molecule is Cc1cnc(C)c(N2CCC[C@](CO)(Cc3cccc(Cl)c3)C2)n1. The van der Waals surface area contributed by atoms with Crippen LogP contribution in [-0.2, 0) is 6.42 Å². The quantitative estimate of drug-likeness (QED) is 0.920. The van der Waals surface area contributed by atoms with Crippen LogP contribution in [0.5, 0.6) is 0 Å². The molecule has 1 aliphatic rings. The van der Waals surface area contributed by atoms with Gasteiger partial charge in [-0.05, 0) is 50.8 Å². The second kappa shape index (κ2) is 7.08. The number of benzene rings is 1. The molecule has 5 heteroatoms. The van der Waals surface area contributed by atoms with Crippen molar-refractivity contribution in [2.45, 2.75) is 33.1 Å². The van der Waals surface area contributed by atoms with Gasteiger partial charge in [0.1, 0.15) is 5.82 Å². The largest absolute Gasteiger partial charge is 0.396 e. The van der Waals surface area contributed by atoms with Crippen LogP contribution < -0.4 is 4.90 Å². The summed E-state index contributed by atoms with van der Waals surface area (Å²) in [6.45, 7) is 5.86. The highest BCUT2D eigenvalue weighted by Gasteiger charge is 2.36. The maximum Gasteiger partial charge on any atom is 0.150 e. The first kappa shape index (κ1) is 17.2. The highest BCUT2D eigenvalue weighted by molar-refractivity contribution is 6.30. The van der Waals surface area contributed by atoms with E-state index < -0.39 is 0 Å². The van der Waals surface area contributed by atoms with E-state index in [0.29, 0.717) is 0 Å². The number of rotatable bonds is 4. The van der Waals surface area contributed by atoms with Crippen LogP contribution in [0.2, 0.25) is 5.02 Å². The molecule has 128 valence electrons. The van der Waals surface area contributed by atoms with Gasteiger partial charge in [-0.25, -0.2) is 4.98 Å².